The van der Waals surface area contributed by atoms with Crippen LogP contribution in [0.5, 0.6) is 5.75 Å². The molecular formula is C20H20N2O4S2. The van der Waals surface area contributed by atoms with E-state index in [1.807, 2.05) is 13.0 Å². The molecule has 0 aliphatic heterocycles. The smallest absolute Gasteiger partial charge is 0.273 e. The van der Waals surface area contributed by atoms with Crippen molar-refractivity contribution in [1.29, 1.82) is 0 Å². The average molecular weight is 417 g/mol. The van der Waals surface area contributed by atoms with Crippen molar-refractivity contribution in [2.75, 3.05) is 23.3 Å². The summed E-state index contributed by atoms with van der Waals surface area (Å²) < 4.78 is 32.1. The molecule has 0 fully saturated rings. The van der Waals surface area contributed by atoms with Crippen LogP contribution in [0.25, 0.3) is 0 Å². The number of rotatable bonds is 7. The molecule has 146 valence electrons. The molecule has 0 radical (unpaired) electrons. The first-order chi connectivity index (χ1) is 13.4. The topological polar surface area (TPSA) is 75.7 Å². The minimum atomic E-state index is -3.60. The molecule has 1 heterocycles. The Bertz CT molecular complexity index is 1050. The van der Waals surface area contributed by atoms with Gasteiger partial charge in [-0.15, -0.1) is 11.3 Å². The highest BCUT2D eigenvalue weighted by molar-refractivity contribution is 7.94. The molecule has 8 heteroatoms. The monoisotopic (exact) mass is 416 g/mol. The SMILES string of the molecule is CCOc1cccc(NC(=O)c2ccc(N(C)S(=O)(=O)c3cccs3)cc2)c1. The van der Waals surface area contributed by atoms with Crippen LogP contribution >= 0.6 is 11.3 Å². The highest BCUT2D eigenvalue weighted by Crippen LogP contribution is 2.25. The summed E-state index contributed by atoms with van der Waals surface area (Å²) in [5, 5.41) is 4.53. The van der Waals surface area contributed by atoms with Crippen molar-refractivity contribution in [1.82, 2.24) is 0 Å². The van der Waals surface area contributed by atoms with Gasteiger partial charge in [0.1, 0.15) is 9.96 Å². The van der Waals surface area contributed by atoms with Crippen molar-refractivity contribution >= 4 is 38.6 Å². The van der Waals surface area contributed by atoms with Gasteiger partial charge >= 0.3 is 0 Å². The van der Waals surface area contributed by atoms with E-state index in [0.29, 0.717) is 29.3 Å². The van der Waals surface area contributed by atoms with Crippen LogP contribution in [0.15, 0.2) is 70.3 Å². The summed E-state index contributed by atoms with van der Waals surface area (Å²) in [6.07, 6.45) is 0. The van der Waals surface area contributed by atoms with E-state index in [2.05, 4.69) is 5.32 Å². The second-order valence-electron chi connectivity index (χ2n) is 5.87. The molecule has 0 bridgehead atoms. The third-order valence-corrected chi connectivity index (χ3v) is 7.16. The van der Waals surface area contributed by atoms with Crippen LogP contribution in [-0.2, 0) is 10.0 Å². The molecule has 0 saturated carbocycles. The van der Waals surface area contributed by atoms with Crippen molar-refractivity contribution in [2.45, 2.75) is 11.1 Å². The number of thiophene rings is 1. The van der Waals surface area contributed by atoms with E-state index in [1.54, 1.807) is 60.0 Å². The Kier molecular flexibility index (Phi) is 6.01. The maximum atomic E-state index is 12.6. The summed E-state index contributed by atoms with van der Waals surface area (Å²) >= 11 is 1.16. The van der Waals surface area contributed by atoms with Crippen LogP contribution in [0.2, 0.25) is 0 Å². The van der Waals surface area contributed by atoms with Gasteiger partial charge in [0.05, 0.1) is 12.3 Å². The van der Waals surface area contributed by atoms with Gasteiger partial charge in [-0.25, -0.2) is 8.42 Å². The molecule has 3 rings (SSSR count). The van der Waals surface area contributed by atoms with E-state index in [1.165, 1.54) is 11.4 Å². The van der Waals surface area contributed by atoms with Gasteiger partial charge in [-0.05, 0) is 54.8 Å². The lowest BCUT2D eigenvalue weighted by Crippen LogP contribution is -2.25. The number of amides is 1. The summed E-state index contributed by atoms with van der Waals surface area (Å²) in [7, 11) is -2.11. The van der Waals surface area contributed by atoms with Crippen LogP contribution in [0.1, 0.15) is 17.3 Å². The van der Waals surface area contributed by atoms with Gasteiger partial charge in [-0.1, -0.05) is 12.1 Å². The maximum absolute atomic E-state index is 12.6. The number of sulfonamides is 1. The van der Waals surface area contributed by atoms with Crippen molar-refractivity contribution in [3.05, 3.63) is 71.6 Å². The van der Waals surface area contributed by atoms with Gasteiger partial charge in [-0.2, -0.15) is 0 Å². The summed E-state index contributed by atoms with van der Waals surface area (Å²) in [4.78, 5) is 12.5. The number of nitrogens with zero attached hydrogens (tertiary/aromatic N) is 1. The molecule has 0 aliphatic rings. The van der Waals surface area contributed by atoms with Crippen molar-refractivity contribution in [3.8, 4) is 5.75 Å². The number of carbonyl (C=O) groups is 1. The number of carbonyl (C=O) groups excluding carboxylic acids is 1. The lowest BCUT2D eigenvalue weighted by Gasteiger charge is -2.18. The molecule has 28 heavy (non-hydrogen) atoms. The minimum Gasteiger partial charge on any atom is -0.494 e. The quantitative estimate of drug-likeness (QED) is 0.626. The minimum absolute atomic E-state index is 0.269. The van der Waals surface area contributed by atoms with Gasteiger partial charge in [0.2, 0.25) is 0 Å². The average Bonchev–Trinajstić information content (AvgIpc) is 3.24. The number of ether oxygens (including phenoxy) is 1. The Labute approximate surface area is 168 Å². The van der Waals surface area contributed by atoms with Crippen molar-refractivity contribution < 1.29 is 17.9 Å². The number of benzene rings is 2. The molecule has 0 atom stereocenters. The first-order valence-corrected chi connectivity index (χ1v) is 10.9. The lowest BCUT2D eigenvalue weighted by molar-refractivity contribution is 0.102. The summed E-state index contributed by atoms with van der Waals surface area (Å²) in [6, 6.07) is 16.8. The Morgan fingerprint density at radius 3 is 2.50 bits per heavy atom. The second-order valence-corrected chi connectivity index (χ2v) is 9.01. The van der Waals surface area contributed by atoms with Crippen LogP contribution in [-0.4, -0.2) is 28.0 Å². The molecule has 6 nitrogen and oxygen atoms in total. The normalized spacial score (nSPS) is 11.1. The Balaban J connectivity index is 1.73. The highest BCUT2D eigenvalue weighted by Gasteiger charge is 2.22. The maximum Gasteiger partial charge on any atom is 0.273 e. The molecule has 0 aliphatic carbocycles. The third kappa shape index (κ3) is 4.35. The molecule has 1 N–H and O–H groups in total. The van der Waals surface area contributed by atoms with Gasteiger partial charge < -0.3 is 10.1 Å². The lowest BCUT2D eigenvalue weighted by atomic mass is 10.2. The number of hydrogen-bond donors (Lipinski definition) is 1. The highest BCUT2D eigenvalue weighted by atomic mass is 32.2. The number of hydrogen-bond acceptors (Lipinski definition) is 5. The first-order valence-electron chi connectivity index (χ1n) is 8.58. The predicted octanol–water partition coefficient (Wildman–Crippen LogP) is 4.22. The standard InChI is InChI=1S/C20H20N2O4S2/c1-3-26-18-7-4-6-16(14-18)21-20(23)15-9-11-17(12-10-15)22(2)28(24,25)19-8-5-13-27-19/h4-14H,3H2,1-2H3,(H,21,23). The Morgan fingerprint density at radius 2 is 1.86 bits per heavy atom. The van der Waals surface area contributed by atoms with Crippen LogP contribution in [0, 0.1) is 0 Å². The van der Waals surface area contributed by atoms with Gasteiger partial charge in [0.15, 0.2) is 0 Å². The van der Waals surface area contributed by atoms with Crippen molar-refractivity contribution in [3.63, 3.8) is 0 Å². The molecule has 1 aromatic heterocycles. The third-order valence-electron chi connectivity index (χ3n) is 4.01. The fourth-order valence-corrected chi connectivity index (χ4v) is 4.90. The van der Waals surface area contributed by atoms with Crippen molar-refractivity contribution in [2.24, 2.45) is 0 Å². The first kappa shape index (κ1) is 19.9. The van der Waals surface area contributed by atoms with E-state index in [4.69, 9.17) is 4.74 Å². The van der Waals surface area contributed by atoms with Crippen LogP contribution < -0.4 is 14.4 Å². The summed E-state index contributed by atoms with van der Waals surface area (Å²) in [5.74, 6) is 0.389. The fraction of sp³-hybridized carbons (Fsp3) is 0.150. The second kappa shape index (κ2) is 8.45. The Hall–Kier alpha value is -2.84. The van der Waals surface area contributed by atoms with Crippen LogP contribution in [0.4, 0.5) is 11.4 Å². The van der Waals surface area contributed by atoms with Gasteiger partial charge in [-0.3, -0.25) is 9.10 Å². The predicted molar refractivity (Wildman–Crippen MR) is 112 cm³/mol. The summed E-state index contributed by atoms with van der Waals surface area (Å²) in [6.45, 7) is 2.43. The molecule has 0 unspecified atom stereocenters. The zero-order chi connectivity index (χ0) is 20.1. The van der Waals surface area contributed by atoms with E-state index in [-0.39, 0.29) is 10.1 Å². The Morgan fingerprint density at radius 1 is 1.11 bits per heavy atom. The van der Waals surface area contributed by atoms with Gasteiger partial charge in [0.25, 0.3) is 15.9 Å². The fourth-order valence-electron chi connectivity index (χ4n) is 2.54. The van der Waals surface area contributed by atoms with E-state index in [9.17, 15) is 13.2 Å². The van der Waals surface area contributed by atoms with E-state index < -0.39 is 10.0 Å². The van der Waals surface area contributed by atoms with Gasteiger partial charge in [0, 0.05) is 24.4 Å². The number of nitrogens with one attached hydrogen (secondary N) is 1. The molecule has 1 amide bonds. The van der Waals surface area contributed by atoms with Crippen LogP contribution in [0.3, 0.4) is 0 Å². The zero-order valence-corrected chi connectivity index (χ0v) is 17.1. The largest absolute Gasteiger partial charge is 0.494 e. The molecule has 3 aromatic rings. The number of anilines is 2. The molecular weight excluding hydrogens is 396 g/mol. The van der Waals surface area contributed by atoms with E-state index in [0.717, 1.165) is 11.3 Å². The zero-order valence-electron chi connectivity index (χ0n) is 15.5. The van der Waals surface area contributed by atoms with E-state index >= 15 is 0 Å². The molecule has 0 spiro atoms. The molecule has 0 saturated heterocycles. The molecule has 2 aromatic carbocycles. The summed E-state index contributed by atoms with van der Waals surface area (Å²) in [5.41, 5.74) is 1.52.